The number of hydrogen-bond donors (Lipinski definition) is 1. The van der Waals surface area contributed by atoms with Crippen molar-refractivity contribution in [1.29, 1.82) is 0 Å². The van der Waals surface area contributed by atoms with Crippen LogP contribution in [-0.2, 0) is 25.3 Å². The van der Waals surface area contributed by atoms with Crippen LogP contribution >= 0.6 is 11.8 Å². The Morgan fingerprint density at radius 1 is 1.12 bits per heavy atom. The highest BCUT2D eigenvalue weighted by Gasteiger charge is 2.18. The van der Waals surface area contributed by atoms with E-state index in [1.807, 2.05) is 41.9 Å². The Bertz CT molecular complexity index is 1270. The number of nitrogens with zero attached hydrogens (tertiary/aromatic N) is 4. The van der Waals surface area contributed by atoms with Crippen LogP contribution in [0, 0.1) is 0 Å². The predicted octanol–water partition coefficient (Wildman–Crippen LogP) is 3.70. The summed E-state index contributed by atoms with van der Waals surface area (Å²) < 4.78 is 9.85. The van der Waals surface area contributed by atoms with Crippen LogP contribution < -0.4 is 5.32 Å². The van der Waals surface area contributed by atoms with Crippen LogP contribution in [0.4, 0.5) is 0 Å². The lowest BCUT2D eigenvalue weighted by molar-refractivity contribution is 0.0954. The van der Waals surface area contributed by atoms with Gasteiger partial charge in [0.15, 0.2) is 5.16 Å². The smallest absolute Gasteiger partial charge is 0.251 e. The number of fused-ring (bicyclic) bond motifs is 3. The molecule has 5 rings (SSSR count). The monoisotopic (exact) mass is 449 g/mol. The number of para-hydroxylation sites is 1. The first-order valence-corrected chi connectivity index (χ1v) is 12.0. The van der Waals surface area contributed by atoms with Gasteiger partial charge in [-0.05, 0) is 37.1 Å². The molecule has 1 unspecified atom stereocenters. The largest absolute Gasteiger partial charge is 0.377 e. The Balaban J connectivity index is 1.22. The van der Waals surface area contributed by atoms with Gasteiger partial charge in [0.25, 0.3) is 5.91 Å². The molecule has 1 N–H and O–H groups in total. The molecular weight excluding hydrogens is 422 g/mol. The average Bonchev–Trinajstić information content (AvgIpc) is 3.53. The predicted molar refractivity (Wildman–Crippen MR) is 127 cm³/mol. The van der Waals surface area contributed by atoms with Gasteiger partial charge in [-0.1, -0.05) is 30.0 Å². The van der Waals surface area contributed by atoms with Crippen LogP contribution in [0.5, 0.6) is 0 Å². The van der Waals surface area contributed by atoms with Crippen molar-refractivity contribution in [3.05, 3.63) is 53.9 Å². The minimum Gasteiger partial charge on any atom is -0.377 e. The number of amides is 1. The molecule has 8 heteroatoms. The van der Waals surface area contributed by atoms with E-state index in [9.17, 15) is 4.79 Å². The topological polar surface area (TPSA) is 74.0 Å². The lowest BCUT2D eigenvalue weighted by Crippen LogP contribution is -2.26. The number of hydrogen-bond acceptors (Lipinski definition) is 5. The Hall–Kier alpha value is -2.84. The molecule has 1 fully saturated rings. The third-order valence-electron chi connectivity index (χ3n) is 6.16. The number of aryl methyl sites for hydroxylation is 1. The number of carbonyl (C=O) groups excluding carboxylic acids is 1. The van der Waals surface area contributed by atoms with Crippen LogP contribution in [0.15, 0.2) is 47.6 Å². The van der Waals surface area contributed by atoms with E-state index >= 15 is 0 Å². The zero-order valence-corrected chi connectivity index (χ0v) is 19.2. The van der Waals surface area contributed by atoms with E-state index in [1.165, 1.54) is 0 Å². The molecule has 166 valence electrons. The van der Waals surface area contributed by atoms with E-state index < -0.39 is 0 Å². The summed E-state index contributed by atoms with van der Waals surface area (Å²) in [5.74, 6) is 1.69. The van der Waals surface area contributed by atoms with Gasteiger partial charge in [0.1, 0.15) is 5.82 Å². The fourth-order valence-corrected chi connectivity index (χ4v) is 5.33. The van der Waals surface area contributed by atoms with E-state index in [0.29, 0.717) is 24.6 Å². The summed E-state index contributed by atoms with van der Waals surface area (Å²) in [5.41, 5.74) is 2.95. The van der Waals surface area contributed by atoms with Crippen molar-refractivity contribution in [3.8, 4) is 0 Å². The highest BCUT2D eigenvalue weighted by Crippen LogP contribution is 2.28. The molecule has 1 aliphatic heterocycles. The quantitative estimate of drug-likeness (QED) is 0.436. The molecule has 0 spiro atoms. The minimum atomic E-state index is -0.0741. The van der Waals surface area contributed by atoms with Crippen molar-refractivity contribution < 1.29 is 9.53 Å². The molecule has 3 heterocycles. The lowest BCUT2D eigenvalue weighted by atomic mass is 10.1. The first kappa shape index (κ1) is 21.0. The van der Waals surface area contributed by atoms with Gasteiger partial charge in [0.05, 0.1) is 6.10 Å². The van der Waals surface area contributed by atoms with Crippen molar-refractivity contribution in [2.75, 3.05) is 18.9 Å². The number of carbonyl (C=O) groups is 1. The summed E-state index contributed by atoms with van der Waals surface area (Å²) in [4.78, 5) is 12.8. The van der Waals surface area contributed by atoms with Crippen molar-refractivity contribution in [1.82, 2.24) is 24.6 Å². The van der Waals surface area contributed by atoms with Gasteiger partial charge in [-0.3, -0.25) is 4.79 Å². The summed E-state index contributed by atoms with van der Waals surface area (Å²) in [5, 5.41) is 14.8. The standard InChI is InChI=1S/C24H27N5O2S/c1-28-20-8-4-3-7-18(20)19-14-16(9-10-21(19)28)23(30)25-12-11-22-26-27-24(29(22)2)32-15-17-6-5-13-31-17/h3-4,7-10,14,17H,5-6,11-13,15H2,1-2H3,(H,25,30). The maximum Gasteiger partial charge on any atom is 0.251 e. The fourth-order valence-electron chi connectivity index (χ4n) is 4.33. The normalized spacial score (nSPS) is 16.2. The number of aromatic nitrogens is 4. The molecule has 7 nitrogen and oxygen atoms in total. The van der Waals surface area contributed by atoms with Crippen molar-refractivity contribution in [3.63, 3.8) is 0 Å². The number of ether oxygens (including phenoxy) is 1. The summed E-state index contributed by atoms with van der Waals surface area (Å²) in [6, 6.07) is 14.2. The van der Waals surface area contributed by atoms with Gasteiger partial charge >= 0.3 is 0 Å². The molecule has 0 saturated carbocycles. The number of rotatable bonds is 7. The second-order valence-corrected chi connectivity index (χ2v) is 9.21. The Morgan fingerprint density at radius 2 is 1.97 bits per heavy atom. The molecular formula is C24H27N5O2S. The average molecular weight is 450 g/mol. The first-order valence-electron chi connectivity index (χ1n) is 11.0. The summed E-state index contributed by atoms with van der Waals surface area (Å²) >= 11 is 1.68. The Morgan fingerprint density at radius 3 is 2.81 bits per heavy atom. The summed E-state index contributed by atoms with van der Waals surface area (Å²) in [6.07, 6.45) is 3.21. The molecule has 1 amide bonds. The number of nitrogens with one attached hydrogen (secondary N) is 1. The SMILES string of the molecule is Cn1c(CCNC(=O)c2ccc3c(c2)c2ccccc2n3C)nnc1SCC1CCCO1. The molecule has 32 heavy (non-hydrogen) atoms. The molecule has 1 saturated heterocycles. The molecule has 1 atom stereocenters. The van der Waals surface area contributed by atoms with Gasteiger partial charge in [-0.15, -0.1) is 10.2 Å². The van der Waals surface area contributed by atoms with Crippen LogP contribution in [0.3, 0.4) is 0 Å². The van der Waals surface area contributed by atoms with Crippen LogP contribution in [0.2, 0.25) is 0 Å². The van der Waals surface area contributed by atoms with Crippen LogP contribution in [0.1, 0.15) is 29.0 Å². The van der Waals surface area contributed by atoms with E-state index in [2.05, 4.69) is 39.3 Å². The van der Waals surface area contributed by atoms with Gasteiger partial charge in [-0.2, -0.15) is 0 Å². The van der Waals surface area contributed by atoms with Gasteiger partial charge < -0.3 is 19.2 Å². The van der Waals surface area contributed by atoms with Gasteiger partial charge in [-0.25, -0.2) is 0 Å². The Labute approximate surface area is 191 Å². The third kappa shape index (κ3) is 4.00. The third-order valence-corrected chi connectivity index (χ3v) is 7.31. The minimum absolute atomic E-state index is 0.0741. The van der Waals surface area contributed by atoms with E-state index in [1.54, 1.807) is 11.8 Å². The zero-order valence-electron chi connectivity index (χ0n) is 18.4. The highest BCUT2D eigenvalue weighted by atomic mass is 32.2. The van der Waals surface area contributed by atoms with E-state index in [4.69, 9.17) is 4.74 Å². The number of benzene rings is 2. The summed E-state index contributed by atoms with van der Waals surface area (Å²) in [6.45, 7) is 1.37. The van der Waals surface area contributed by atoms with Crippen molar-refractivity contribution in [2.45, 2.75) is 30.5 Å². The van der Waals surface area contributed by atoms with Crippen LogP contribution in [0.25, 0.3) is 21.8 Å². The van der Waals surface area contributed by atoms with Gasteiger partial charge in [0.2, 0.25) is 0 Å². The maximum atomic E-state index is 12.8. The fraction of sp³-hybridized carbons (Fsp3) is 0.375. The number of thioether (sulfide) groups is 1. The molecule has 0 aliphatic carbocycles. The zero-order chi connectivity index (χ0) is 22.1. The molecule has 0 radical (unpaired) electrons. The van der Waals surface area contributed by atoms with E-state index in [0.717, 1.165) is 58.0 Å². The molecule has 4 aromatic rings. The van der Waals surface area contributed by atoms with Crippen molar-refractivity contribution in [2.24, 2.45) is 14.1 Å². The van der Waals surface area contributed by atoms with Crippen molar-refractivity contribution >= 4 is 39.5 Å². The Kier molecular flexibility index (Phi) is 5.89. The molecule has 1 aliphatic rings. The molecule has 2 aromatic heterocycles. The second-order valence-electron chi connectivity index (χ2n) is 8.22. The molecule has 2 aromatic carbocycles. The van der Waals surface area contributed by atoms with Crippen LogP contribution in [-0.4, -0.2) is 50.2 Å². The summed E-state index contributed by atoms with van der Waals surface area (Å²) in [7, 11) is 4.03. The lowest BCUT2D eigenvalue weighted by Gasteiger charge is -2.09. The van der Waals surface area contributed by atoms with E-state index in [-0.39, 0.29) is 5.91 Å². The first-order chi connectivity index (χ1) is 15.6. The highest BCUT2D eigenvalue weighted by molar-refractivity contribution is 7.99. The molecule has 0 bridgehead atoms. The second kappa shape index (κ2) is 8.96. The van der Waals surface area contributed by atoms with Gasteiger partial charge in [0, 0.05) is 66.8 Å². The maximum absolute atomic E-state index is 12.8.